The lowest BCUT2D eigenvalue weighted by molar-refractivity contribution is 0.679. The molecule has 0 amide bonds. The molecule has 19 heavy (non-hydrogen) atoms. The second-order valence-corrected chi connectivity index (χ2v) is 5.62. The van der Waals surface area contributed by atoms with E-state index in [-0.39, 0.29) is 0 Å². The summed E-state index contributed by atoms with van der Waals surface area (Å²) >= 11 is 0. The number of aromatic nitrogens is 3. The molecule has 3 aromatic rings. The number of hydrogen-bond acceptors (Lipinski definition) is 3. The molecule has 2 aromatic heterocycles. The first-order valence-corrected chi connectivity index (χ1v) is 7.46. The molecule has 0 aliphatic heterocycles. The molecule has 0 saturated heterocycles. The Hall–Kier alpha value is -2.01. The zero-order chi connectivity index (χ0) is 13.4. The molecule has 0 bridgehead atoms. The zero-order valence-corrected chi connectivity index (χ0v) is 11.5. The first kappa shape index (κ1) is 12.0. The van der Waals surface area contributed by atoms with Crippen molar-refractivity contribution in [3.63, 3.8) is 0 Å². The summed E-state index contributed by atoms with van der Waals surface area (Å²) < 4.78 is 13.4. The third-order valence-corrected chi connectivity index (χ3v) is 3.78. The highest BCUT2D eigenvalue weighted by molar-refractivity contribution is 7.84. The van der Waals surface area contributed by atoms with Gasteiger partial charge in [-0.25, -0.2) is 9.97 Å². The van der Waals surface area contributed by atoms with Crippen molar-refractivity contribution in [1.82, 2.24) is 14.5 Å². The van der Waals surface area contributed by atoms with E-state index >= 15 is 0 Å². The SMILES string of the molecule is Cc1cccc2c1ccn2-c1ccnc(S(C)=O)n1. The van der Waals surface area contributed by atoms with Gasteiger partial charge in [-0.3, -0.25) is 4.21 Å². The van der Waals surface area contributed by atoms with E-state index in [1.807, 2.05) is 29.0 Å². The van der Waals surface area contributed by atoms with E-state index in [9.17, 15) is 4.21 Å². The molecule has 0 aliphatic carbocycles. The van der Waals surface area contributed by atoms with Crippen LogP contribution in [-0.2, 0) is 10.8 Å². The Morgan fingerprint density at radius 1 is 1.21 bits per heavy atom. The second-order valence-electron chi connectivity index (χ2n) is 4.34. The van der Waals surface area contributed by atoms with Gasteiger partial charge in [0.05, 0.1) is 16.3 Å². The largest absolute Gasteiger partial charge is 0.301 e. The first-order chi connectivity index (χ1) is 9.16. The number of fused-ring (bicyclic) bond motifs is 1. The normalized spacial score (nSPS) is 12.7. The summed E-state index contributed by atoms with van der Waals surface area (Å²) in [6, 6.07) is 10.0. The van der Waals surface area contributed by atoms with Crippen LogP contribution in [0.25, 0.3) is 16.7 Å². The molecule has 96 valence electrons. The van der Waals surface area contributed by atoms with Gasteiger partial charge in [0.2, 0.25) is 5.16 Å². The fraction of sp³-hybridized carbons (Fsp3) is 0.143. The third-order valence-electron chi connectivity index (χ3n) is 3.07. The molecule has 3 rings (SSSR count). The third kappa shape index (κ3) is 2.06. The van der Waals surface area contributed by atoms with E-state index in [1.54, 1.807) is 12.5 Å². The average molecular weight is 271 g/mol. The van der Waals surface area contributed by atoms with Crippen molar-refractivity contribution in [2.45, 2.75) is 12.1 Å². The number of aryl methyl sites for hydroxylation is 1. The van der Waals surface area contributed by atoms with Gasteiger partial charge in [-0.1, -0.05) is 12.1 Å². The molecule has 2 heterocycles. The Bertz CT molecular complexity index is 779. The predicted octanol–water partition coefficient (Wildman–Crippen LogP) is 2.47. The topological polar surface area (TPSA) is 47.8 Å². The molecule has 0 spiro atoms. The Morgan fingerprint density at radius 3 is 2.84 bits per heavy atom. The van der Waals surface area contributed by atoms with E-state index in [2.05, 4.69) is 29.0 Å². The molecule has 4 nitrogen and oxygen atoms in total. The standard InChI is InChI=1S/C14H13N3OS/c1-10-4-3-5-12-11(10)7-9-17(12)13-6-8-15-14(16-13)19(2)18/h3-9H,1-2H3. The van der Waals surface area contributed by atoms with Crippen LogP contribution in [0.4, 0.5) is 0 Å². The predicted molar refractivity (Wildman–Crippen MR) is 75.9 cm³/mol. The Labute approximate surface area is 113 Å². The molecule has 0 radical (unpaired) electrons. The maximum atomic E-state index is 11.5. The van der Waals surface area contributed by atoms with E-state index < -0.39 is 10.8 Å². The van der Waals surface area contributed by atoms with E-state index in [1.165, 1.54) is 10.9 Å². The van der Waals surface area contributed by atoms with Crippen molar-refractivity contribution in [2.75, 3.05) is 6.26 Å². The molecular weight excluding hydrogens is 258 g/mol. The van der Waals surface area contributed by atoms with Crippen LogP contribution in [-0.4, -0.2) is 25.0 Å². The molecule has 5 heteroatoms. The lowest BCUT2D eigenvalue weighted by Gasteiger charge is -2.05. The zero-order valence-electron chi connectivity index (χ0n) is 10.7. The molecule has 1 atom stereocenters. The first-order valence-electron chi connectivity index (χ1n) is 5.90. The quantitative estimate of drug-likeness (QED) is 0.673. The number of hydrogen-bond donors (Lipinski definition) is 0. The van der Waals surface area contributed by atoms with Crippen molar-refractivity contribution < 1.29 is 4.21 Å². The van der Waals surface area contributed by atoms with Gasteiger partial charge in [0, 0.05) is 24.0 Å². The van der Waals surface area contributed by atoms with Gasteiger partial charge in [0.15, 0.2) is 0 Å². The maximum absolute atomic E-state index is 11.5. The van der Waals surface area contributed by atoms with E-state index in [4.69, 9.17) is 0 Å². The van der Waals surface area contributed by atoms with Gasteiger partial charge in [-0.15, -0.1) is 0 Å². The molecule has 1 aromatic carbocycles. The van der Waals surface area contributed by atoms with Crippen LogP contribution in [0.15, 0.2) is 47.9 Å². The van der Waals surface area contributed by atoms with Crippen LogP contribution < -0.4 is 0 Å². The molecular formula is C14H13N3OS. The fourth-order valence-corrected chi connectivity index (χ4v) is 2.56. The summed E-state index contributed by atoms with van der Waals surface area (Å²) in [6.45, 7) is 2.08. The summed E-state index contributed by atoms with van der Waals surface area (Å²) in [5.41, 5.74) is 2.32. The van der Waals surface area contributed by atoms with Crippen molar-refractivity contribution in [3.05, 3.63) is 48.3 Å². The Kier molecular flexibility index (Phi) is 2.91. The lowest BCUT2D eigenvalue weighted by atomic mass is 10.1. The van der Waals surface area contributed by atoms with Gasteiger partial charge in [0.25, 0.3) is 0 Å². The summed E-state index contributed by atoms with van der Waals surface area (Å²) in [5.74, 6) is 0.737. The minimum Gasteiger partial charge on any atom is -0.301 e. The average Bonchev–Trinajstić information content (AvgIpc) is 2.84. The van der Waals surface area contributed by atoms with Crippen LogP contribution in [0, 0.1) is 6.92 Å². The minimum absolute atomic E-state index is 0.354. The summed E-state index contributed by atoms with van der Waals surface area (Å²) in [5, 5.41) is 1.55. The highest BCUT2D eigenvalue weighted by Gasteiger charge is 2.08. The summed E-state index contributed by atoms with van der Waals surface area (Å²) in [7, 11) is -1.17. The Balaban J connectivity index is 2.22. The molecule has 0 fully saturated rings. The van der Waals surface area contributed by atoms with E-state index in [0.29, 0.717) is 5.16 Å². The summed E-state index contributed by atoms with van der Waals surface area (Å²) in [4.78, 5) is 8.37. The highest BCUT2D eigenvalue weighted by Crippen LogP contribution is 2.22. The van der Waals surface area contributed by atoms with Gasteiger partial charge in [0.1, 0.15) is 5.82 Å². The van der Waals surface area contributed by atoms with Gasteiger partial charge in [-0.2, -0.15) is 0 Å². The number of rotatable bonds is 2. The second kappa shape index (κ2) is 4.59. The van der Waals surface area contributed by atoms with Crippen LogP contribution in [0.1, 0.15) is 5.56 Å². The molecule has 0 aliphatic rings. The summed E-state index contributed by atoms with van der Waals surface area (Å²) in [6.07, 6.45) is 5.19. The van der Waals surface area contributed by atoms with Crippen LogP contribution in [0.5, 0.6) is 0 Å². The Morgan fingerprint density at radius 2 is 2.05 bits per heavy atom. The molecule has 1 unspecified atom stereocenters. The van der Waals surface area contributed by atoms with E-state index in [0.717, 1.165) is 11.3 Å². The monoisotopic (exact) mass is 271 g/mol. The minimum atomic E-state index is -1.17. The smallest absolute Gasteiger partial charge is 0.220 e. The van der Waals surface area contributed by atoms with Gasteiger partial charge >= 0.3 is 0 Å². The lowest BCUT2D eigenvalue weighted by Crippen LogP contribution is -2.02. The van der Waals surface area contributed by atoms with Crippen molar-refractivity contribution in [2.24, 2.45) is 0 Å². The van der Waals surface area contributed by atoms with Crippen LogP contribution in [0.2, 0.25) is 0 Å². The number of benzene rings is 1. The molecule has 0 N–H and O–H groups in total. The van der Waals surface area contributed by atoms with Crippen molar-refractivity contribution in [1.29, 1.82) is 0 Å². The van der Waals surface area contributed by atoms with Crippen LogP contribution in [0.3, 0.4) is 0 Å². The van der Waals surface area contributed by atoms with Gasteiger partial charge in [-0.05, 0) is 30.7 Å². The number of nitrogens with zero attached hydrogens (tertiary/aromatic N) is 3. The van der Waals surface area contributed by atoms with Crippen molar-refractivity contribution >= 4 is 21.7 Å². The van der Waals surface area contributed by atoms with Gasteiger partial charge < -0.3 is 4.57 Å². The van der Waals surface area contributed by atoms with Crippen LogP contribution >= 0.6 is 0 Å². The molecule has 0 saturated carbocycles. The highest BCUT2D eigenvalue weighted by atomic mass is 32.2. The maximum Gasteiger partial charge on any atom is 0.220 e. The van der Waals surface area contributed by atoms with Crippen molar-refractivity contribution in [3.8, 4) is 5.82 Å². The fourth-order valence-electron chi connectivity index (χ4n) is 2.13.